The number of benzene rings is 6. The molecule has 2 aromatic heterocycles. The molecule has 0 amide bonds. The Morgan fingerprint density at radius 2 is 1.02 bits per heavy atom. The van der Waals surface area contributed by atoms with Crippen molar-refractivity contribution in [1.29, 1.82) is 0 Å². The third-order valence-electron chi connectivity index (χ3n) is 9.85. The van der Waals surface area contributed by atoms with Crippen molar-refractivity contribution in [3.8, 4) is 34.2 Å². The Balaban J connectivity index is 1.09. The van der Waals surface area contributed by atoms with Crippen LogP contribution in [0.3, 0.4) is 0 Å². The van der Waals surface area contributed by atoms with E-state index < -0.39 is 0 Å². The molecule has 1 aliphatic carbocycles. The van der Waals surface area contributed by atoms with Gasteiger partial charge in [-0.1, -0.05) is 127 Å². The maximum atomic E-state index is 5.06. The highest BCUT2D eigenvalue weighted by molar-refractivity contribution is 5.95. The zero-order valence-corrected chi connectivity index (χ0v) is 26.5. The number of rotatable bonds is 4. The summed E-state index contributed by atoms with van der Waals surface area (Å²) < 4.78 is 0. The molecule has 230 valence electrons. The van der Waals surface area contributed by atoms with Gasteiger partial charge in [0.2, 0.25) is 0 Å². The standard InChI is InChI=1S/C44H29N5/c1-3-12-31-25-33(19-17-28(31)9-1)42-46-43(34-20-18-29-10-2-4-13-32(29)26-34)48-44(47-42)35-22-24-40(45-27-35)49-38-16-8-7-15-37(38)41-36-14-6-5-11-30(36)21-23-39(41)49/h1-27,37-38H. The number of fused-ring (bicyclic) bond motifs is 7. The first-order chi connectivity index (χ1) is 24.3. The number of hydrogen-bond acceptors (Lipinski definition) is 5. The number of hydrogen-bond donors (Lipinski definition) is 0. The molecule has 5 nitrogen and oxygen atoms in total. The summed E-state index contributed by atoms with van der Waals surface area (Å²) in [7, 11) is 0. The Hall–Kier alpha value is -6.46. The van der Waals surface area contributed by atoms with Crippen LogP contribution in [0.1, 0.15) is 11.5 Å². The van der Waals surface area contributed by atoms with Crippen LogP contribution in [0.2, 0.25) is 0 Å². The smallest absolute Gasteiger partial charge is 0.165 e. The molecule has 10 rings (SSSR count). The van der Waals surface area contributed by atoms with Crippen LogP contribution in [-0.2, 0) is 0 Å². The van der Waals surface area contributed by atoms with E-state index >= 15 is 0 Å². The lowest BCUT2D eigenvalue weighted by Gasteiger charge is -2.27. The summed E-state index contributed by atoms with van der Waals surface area (Å²) in [6.45, 7) is 0. The van der Waals surface area contributed by atoms with E-state index in [1.165, 1.54) is 32.8 Å². The summed E-state index contributed by atoms with van der Waals surface area (Å²) in [4.78, 5) is 22.5. The van der Waals surface area contributed by atoms with Crippen molar-refractivity contribution in [2.75, 3.05) is 4.90 Å². The van der Waals surface area contributed by atoms with Crippen LogP contribution in [-0.4, -0.2) is 26.0 Å². The minimum Gasteiger partial charge on any atom is -0.318 e. The van der Waals surface area contributed by atoms with Crippen molar-refractivity contribution in [2.45, 2.75) is 12.0 Å². The quantitative estimate of drug-likeness (QED) is 0.194. The van der Waals surface area contributed by atoms with Gasteiger partial charge in [-0.15, -0.1) is 0 Å². The highest BCUT2D eigenvalue weighted by atomic mass is 15.2. The molecule has 0 spiro atoms. The molecule has 6 aromatic carbocycles. The molecule has 0 saturated heterocycles. The lowest BCUT2D eigenvalue weighted by molar-refractivity contribution is 0.740. The molecule has 2 aliphatic rings. The highest BCUT2D eigenvalue weighted by Crippen LogP contribution is 2.50. The van der Waals surface area contributed by atoms with E-state index in [0.717, 1.165) is 33.3 Å². The number of pyridine rings is 1. The van der Waals surface area contributed by atoms with Crippen LogP contribution >= 0.6 is 0 Å². The van der Waals surface area contributed by atoms with Crippen LogP contribution in [0.15, 0.2) is 164 Å². The van der Waals surface area contributed by atoms with Gasteiger partial charge in [-0.05, 0) is 68.2 Å². The van der Waals surface area contributed by atoms with Gasteiger partial charge in [0.1, 0.15) is 5.82 Å². The van der Waals surface area contributed by atoms with E-state index in [0.29, 0.717) is 17.5 Å². The van der Waals surface area contributed by atoms with E-state index in [-0.39, 0.29) is 12.0 Å². The lowest BCUT2D eigenvalue weighted by atomic mass is 9.88. The van der Waals surface area contributed by atoms with Crippen LogP contribution in [0, 0.1) is 0 Å². The van der Waals surface area contributed by atoms with Gasteiger partial charge >= 0.3 is 0 Å². The third-order valence-corrected chi connectivity index (χ3v) is 9.85. The maximum Gasteiger partial charge on any atom is 0.165 e. The van der Waals surface area contributed by atoms with E-state index in [9.17, 15) is 0 Å². The molecule has 3 heterocycles. The molecule has 2 unspecified atom stereocenters. The van der Waals surface area contributed by atoms with Gasteiger partial charge in [0.25, 0.3) is 0 Å². The third kappa shape index (κ3) is 4.62. The van der Waals surface area contributed by atoms with Crippen molar-refractivity contribution in [3.63, 3.8) is 0 Å². The second-order valence-electron chi connectivity index (χ2n) is 12.7. The molecule has 0 radical (unpaired) electrons. The highest BCUT2D eigenvalue weighted by Gasteiger charge is 2.39. The van der Waals surface area contributed by atoms with E-state index in [1.54, 1.807) is 0 Å². The fraction of sp³-hybridized carbons (Fsp3) is 0.0455. The van der Waals surface area contributed by atoms with Gasteiger partial charge in [-0.2, -0.15) is 0 Å². The summed E-state index contributed by atoms with van der Waals surface area (Å²) in [6.07, 6.45) is 10.8. The molecule has 0 fully saturated rings. The number of aromatic nitrogens is 4. The van der Waals surface area contributed by atoms with Gasteiger partial charge in [-0.25, -0.2) is 19.9 Å². The molecule has 1 aliphatic heterocycles. The van der Waals surface area contributed by atoms with Gasteiger partial charge in [0.05, 0.1) is 6.04 Å². The van der Waals surface area contributed by atoms with Crippen molar-refractivity contribution >= 4 is 43.8 Å². The van der Waals surface area contributed by atoms with Gasteiger partial charge < -0.3 is 4.90 Å². The first-order valence-electron chi connectivity index (χ1n) is 16.6. The van der Waals surface area contributed by atoms with Crippen LogP contribution in [0.5, 0.6) is 0 Å². The van der Waals surface area contributed by atoms with Gasteiger partial charge in [-0.3, -0.25) is 0 Å². The van der Waals surface area contributed by atoms with Crippen molar-refractivity contribution in [3.05, 3.63) is 170 Å². The van der Waals surface area contributed by atoms with Crippen molar-refractivity contribution in [2.24, 2.45) is 0 Å². The number of allylic oxidation sites excluding steroid dienone is 2. The van der Waals surface area contributed by atoms with E-state index in [4.69, 9.17) is 19.9 Å². The molecule has 0 saturated carbocycles. The van der Waals surface area contributed by atoms with Crippen LogP contribution < -0.4 is 4.90 Å². The fourth-order valence-corrected chi connectivity index (χ4v) is 7.47. The molecule has 5 heteroatoms. The first-order valence-corrected chi connectivity index (χ1v) is 16.6. The summed E-state index contributed by atoms with van der Waals surface area (Å²) >= 11 is 0. The molecular formula is C44H29N5. The van der Waals surface area contributed by atoms with Crippen molar-refractivity contribution < 1.29 is 0 Å². The average molecular weight is 628 g/mol. The Bertz CT molecular complexity index is 2540. The van der Waals surface area contributed by atoms with E-state index in [1.807, 2.05) is 6.20 Å². The Kier molecular flexibility index (Phi) is 6.24. The number of nitrogens with zero attached hydrogens (tertiary/aromatic N) is 5. The second-order valence-corrected chi connectivity index (χ2v) is 12.7. The Morgan fingerprint density at radius 1 is 0.469 bits per heavy atom. The molecular weight excluding hydrogens is 599 g/mol. The fourth-order valence-electron chi connectivity index (χ4n) is 7.47. The zero-order valence-electron chi connectivity index (χ0n) is 26.5. The zero-order chi connectivity index (χ0) is 32.3. The lowest BCUT2D eigenvalue weighted by Crippen LogP contribution is -2.29. The second kappa shape index (κ2) is 11.1. The van der Waals surface area contributed by atoms with Gasteiger partial charge in [0.15, 0.2) is 17.5 Å². The Morgan fingerprint density at radius 3 is 1.67 bits per heavy atom. The molecule has 0 bridgehead atoms. The van der Waals surface area contributed by atoms with Crippen molar-refractivity contribution in [1.82, 2.24) is 19.9 Å². The largest absolute Gasteiger partial charge is 0.318 e. The molecule has 2 atom stereocenters. The summed E-state index contributed by atoms with van der Waals surface area (Å²) in [5.41, 5.74) is 5.27. The summed E-state index contributed by atoms with van der Waals surface area (Å²) in [5.74, 6) is 3.00. The molecule has 0 N–H and O–H groups in total. The summed E-state index contributed by atoms with van der Waals surface area (Å²) in [6, 6.07) is 46.9. The predicted molar refractivity (Wildman–Crippen MR) is 200 cm³/mol. The predicted octanol–water partition coefficient (Wildman–Crippen LogP) is 10.5. The minimum absolute atomic E-state index is 0.153. The van der Waals surface area contributed by atoms with Gasteiger partial charge in [0, 0.05) is 34.5 Å². The molecule has 8 aromatic rings. The van der Waals surface area contributed by atoms with Crippen LogP contribution in [0.25, 0.3) is 66.5 Å². The number of anilines is 2. The average Bonchev–Trinajstić information content (AvgIpc) is 3.52. The minimum atomic E-state index is 0.153. The maximum absolute atomic E-state index is 5.06. The molecule has 49 heavy (non-hydrogen) atoms. The van der Waals surface area contributed by atoms with E-state index in [2.05, 4.69) is 163 Å². The monoisotopic (exact) mass is 627 g/mol. The Labute approximate surface area is 283 Å². The first kappa shape index (κ1) is 27.6. The topological polar surface area (TPSA) is 54.8 Å². The summed E-state index contributed by atoms with van der Waals surface area (Å²) in [5, 5.41) is 7.19. The van der Waals surface area contributed by atoms with Crippen LogP contribution in [0.4, 0.5) is 11.5 Å². The normalized spacial score (nSPS) is 16.4. The SMILES string of the molecule is C1=CC2c3c(ccc4ccccc34)N(c3ccc(-c4nc(-c5ccc6ccccc6c5)nc(-c5ccc6ccccc6c5)n4)cn3)C2C=C1.